The minimum atomic E-state index is -0.661. The highest BCUT2D eigenvalue weighted by atomic mass is 16.5. The standard InChI is InChI=1S/C20H25N5O3/c1-11(2)15-10-28-20-5-6-23(16(20)9-18(26)24(15)20)19(27)14-8-17-21-12(3)7-13(4)25(17)22-14/h7-8,11,15-16H,5-6,9-10H2,1-4H3/t15-,16+,20-/m0/s1. The van der Waals surface area contributed by atoms with Crippen molar-refractivity contribution in [3.8, 4) is 0 Å². The van der Waals surface area contributed by atoms with E-state index < -0.39 is 5.72 Å². The third kappa shape index (κ3) is 2.21. The molecule has 28 heavy (non-hydrogen) atoms. The second kappa shape index (κ2) is 5.76. The number of carbonyl (C=O) groups excluding carboxylic acids is 2. The van der Waals surface area contributed by atoms with Crippen LogP contribution in [-0.2, 0) is 9.53 Å². The number of hydrogen-bond donors (Lipinski definition) is 0. The van der Waals surface area contributed by atoms with Gasteiger partial charge < -0.3 is 14.5 Å². The predicted octanol–water partition coefficient (Wildman–Crippen LogP) is 1.54. The Morgan fingerprint density at radius 3 is 2.86 bits per heavy atom. The average Bonchev–Trinajstić information content (AvgIpc) is 3.34. The van der Waals surface area contributed by atoms with Crippen molar-refractivity contribution in [2.75, 3.05) is 13.2 Å². The fourth-order valence-electron chi connectivity index (χ4n) is 5.15. The molecule has 2 aromatic heterocycles. The van der Waals surface area contributed by atoms with Gasteiger partial charge in [0.15, 0.2) is 17.1 Å². The van der Waals surface area contributed by atoms with Crippen molar-refractivity contribution in [3.63, 3.8) is 0 Å². The molecule has 0 bridgehead atoms. The molecule has 8 nitrogen and oxygen atoms in total. The molecule has 3 aliphatic rings. The van der Waals surface area contributed by atoms with Crippen LogP contribution < -0.4 is 0 Å². The molecule has 0 saturated carbocycles. The van der Waals surface area contributed by atoms with Crippen LogP contribution in [0.5, 0.6) is 0 Å². The first-order valence-corrected chi connectivity index (χ1v) is 9.93. The van der Waals surface area contributed by atoms with Gasteiger partial charge in [0.2, 0.25) is 5.91 Å². The minimum Gasteiger partial charge on any atom is -0.351 e. The molecule has 8 heteroatoms. The third-order valence-corrected chi connectivity index (χ3v) is 6.47. The van der Waals surface area contributed by atoms with Crippen LogP contribution in [0.1, 0.15) is 48.6 Å². The minimum absolute atomic E-state index is 0.0811. The Bertz CT molecular complexity index is 999. The Labute approximate surface area is 163 Å². The third-order valence-electron chi connectivity index (χ3n) is 6.47. The van der Waals surface area contributed by atoms with E-state index in [9.17, 15) is 9.59 Å². The number of amides is 2. The maximum atomic E-state index is 13.3. The first-order chi connectivity index (χ1) is 13.3. The zero-order chi connectivity index (χ0) is 19.8. The number of likely N-dealkylation sites (tertiary alicyclic amines) is 1. The van der Waals surface area contributed by atoms with Crippen molar-refractivity contribution >= 4 is 17.5 Å². The molecule has 3 aliphatic heterocycles. The van der Waals surface area contributed by atoms with Crippen LogP contribution in [0.4, 0.5) is 0 Å². The molecule has 0 radical (unpaired) electrons. The smallest absolute Gasteiger partial charge is 0.274 e. The first kappa shape index (κ1) is 17.6. The van der Waals surface area contributed by atoms with E-state index in [1.165, 1.54) is 0 Å². The lowest BCUT2D eigenvalue weighted by Crippen LogP contribution is -2.51. The van der Waals surface area contributed by atoms with Gasteiger partial charge in [-0.05, 0) is 25.8 Å². The van der Waals surface area contributed by atoms with E-state index in [2.05, 4.69) is 23.9 Å². The van der Waals surface area contributed by atoms with Crippen LogP contribution in [0.15, 0.2) is 12.1 Å². The summed E-state index contributed by atoms with van der Waals surface area (Å²) in [5, 5.41) is 4.48. The molecule has 0 aromatic carbocycles. The largest absolute Gasteiger partial charge is 0.351 e. The van der Waals surface area contributed by atoms with Crippen LogP contribution in [0.25, 0.3) is 5.65 Å². The molecule has 2 aromatic rings. The number of nitrogens with zero attached hydrogens (tertiary/aromatic N) is 5. The van der Waals surface area contributed by atoms with Crippen LogP contribution in [-0.4, -0.2) is 67.2 Å². The summed E-state index contributed by atoms with van der Waals surface area (Å²) >= 11 is 0. The van der Waals surface area contributed by atoms with Crippen LogP contribution in [0.3, 0.4) is 0 Å². The van der Waals surface area contributed by atoms with Gasteiger partial charge in [-0.1, -0.05) is 13.8 Å². The molecule has 148 valence electrons. The quantitative estimate of drug-likeness (QED) is 0.786. The van der Waals surface area contributed by atoms with Crippen LogP contribution >= 0.6 is 0 Å². The zero-order valence-electron chi connectivity index (χ0n) is 16.7. The molecule has 0 N–H and O–H groups in total. The predicted molar refractivity (Wildman–Crippen MR) is 101 cm³/mol. The lowest BCUT2D eigenvalue weighted by Gasteiger charge is -2.34. The summed E-state index contributed by atoms with van der Waals surface area (Å²) in [7, 11) is 0. The number of fused-ring (bicyclic) bond motifs is 1. The van der Waals surface area contributed by atoms with Gasteiger partial charge in [-0.15, -0.1) is 0 Å². The lowest BCUT2D eigenvalue weighted by molar-refractivity contribution is -0.139. The number of ether oxygens (including phenoxy) is 1. The maximum Gasteiger partial charge on any atom is 0.274 e. The highest BCUT2D eigenvalue weighted by Crippen LogP contribution is 2.49. The monoisotopic (exact) mass is 383 g/mol. The van der Waals surface area contributed by atoms with Crippen molar-refractivity contribution < 1.29 is 14.3 Å². The second-order valence-corrected chi connectivity index (χ2v) is 8.54. The summed E-state index contributed by atoms with van der Waals surface area (Å²) in [6, 6.07) is 3.49. The van der Waals surface area contributed by atoms with E-state index in [4.69, 9.17) is 4.74 Å². The van der Waals surface area contributed by atoms with Crippen molar-refractivity contribution in [2.45, 2.75) is 58.3 Å². The van der Waals surface area contributed by atoms with Gasteiger partial charge in [0.05, 0.1) is 25.1 Å². The second-order valence-electron chi connectivity index (χ2n) is 8.54. The number of aromatic nitrogens is 3. The zero-order valence-corrected chi connectivity index (χ0v) is 16.7. The average molecular weight is 383 g/mol. The van der Waals surface area contributed by atoms with Crippen molar-refractivity contribution in [2.24, 2.45) is 5.92 Å². The van der Waals surface area contributed by atoms with E-state index in [1.54, 1.807) is 15.5 Å². The normalized spacial score (nSPS) is 29.2. The summed E-state index contributed by atoms with van der Waals surface area (Å²) < 4.78 is 7.91. The topological polar surface area (TPSA) is 80.0 Å². The first-order valence-electron chi connectivity index (χ1n) is 9.93. The molecule has 0 unspecified atom stereocenters. The van der Waals surface area contributed by atoms with Gasteiger partial charge in [0.25, 0.3) is 5.91 Å². The Kier molecular flexibility index (Phi) is 3.62. The van der Waals surface area contributed by atoms with Gasteiger partial charge >= 0.3 is 0 Å². The Morgan fingerprint density at radius 2 is 2.11 bits per heavy atom. The number of rotatable bonds is 2. The SMILES string of the molecule is Cc1cc(C)n2nc(C(=O)N3CC[C@@]45OC[C@@H](C(C)C)N4C(=O)C[C@@H]35)cc2n1. The lowest BCUT2D eigenvalue weighted by atomic mass is 10.0. The van der Waals surface area contributed by atoms with E-state index in [0.717, 1.165) is 11.4 Å². The highest BCUT2D eigenvalue weighted by molar-refractivity contribution is 5.95. The fourth-order valence-corrected chi connectivity index (χ4v) is 5.15. The van der Waals surface area contributed by atoms with Gasteiger partial charge in [-0.2, -0.15) is 5.10 Å². The molecular formula is C20H25N5O3. The summed E-state index contributed by atoms with van der Waals surface area (Å²) in [6.07, 6.45) is 0.973. The summed E-state index contributed by atoms with van der Waals surface area (Å²) in [5.41, 5.74) is 2.19. The molecule has 3 fully saturated rings. The van der Waals surface area contributed by atoms with Crippen LogP contribution in [0.2, 0.25) is 0 Å². The molecule has 5 rings (SSSR count). The molecular weight excluding hydrogens is 358 g/mol. The number of aryl methyl sites for hydroxylation is 2. The van der Waals surface area contributed by atoms with E-state index in [0.29, 0.717) is 43.3 Å². The Morgan fingerprint density at radius 1 is 1.32 bits per heavy atom. The van der Waals surface area contributed by atoms with E-state index in [-0.39, 0.29) is 23.9 Å². The van der Waals surface area contributed by atoms with Gasteiger partial charge in [0.1, 0.15) is 0 Å². The van der Waals surface area contributed by atoms with Gasteiger partial charge in [-0.25, -0.2) is 9.50 Å². The molecule has 1 spiro atoms. The van der Waals surface area contributed by atoms with Crippen LogP contribution in [0, 0.1) is 19.8 Å². The molecule has 3 atom stereocenters. The fraction of sp³-hybridized carbons (Fsp3) is 0.600. The summed E-state index contributed by atoms with van der Waals surface area (Å²) in [6.45, 7) is 9.20. The molecule has 3 saturated heterocycles. The highest BCUT2D eigenvalue weighted by Gasteiger charge is 2.65. The number of carbonyl (C=O) groups is 2. The van der Waals surface area contributed by atoms with E-state index in [1.807, 2.05) is 24.8 Å². The Hall–Kier alpha value is -2.48. The van der Waals surface area contributed by atoms with Crippen molar-refractivity contribution in [1.29, 1.82) is 0 Å². The molecule has 5 heterocycles. The molecule has 2 amide bonds. The molecule has 0 aliphatic carbocycles. The Balaban J connectivity index is 1.48. The number of hydrogen-bond acceptors (Lipinski definition) is 5. The van der Waals surface area contributed by atoms with E-state index >= 15 is 0 Å². The van der Waals surface area contributed by atoms with Crippen molar-refractivity contribution in [3.05, 3.63) is 29.2 Å². The summed E-state index contributed by atoms with van der Waals surface area (Å²) in [4.78, 5) is 34.3. The maximum absolute atomic E-state index is 13.3. The van der Waals surface area contributed by atoms with Gasteiger partial charge in [0, 0.05) is 30.4 Å². The van der Waals surface area contributed by atoms with Gasteiger partial charge in [-0.3, -0.25) is 9.59 Å². The van der Waals surface area contributed by atoms with Crippen molar-refractivity contribution in [1.82, 2.24) is 24.4 Å². The summed E-state index contributed by atoms with van der Waals surface area (Å²) in [5.74, 6) is 0.250.